The first-order chi connectivity index (χ1) is 7.63. The molecule has 1 aromatic heterocycles. The van der Waals surface area contributed by atoms with Crippen molar-refractivity contribution in [1.82, 2.24) is 9.78 Å². The van der Waals surface area contributed by atoms with E-state index < -0.39 is 0 Å². The van der Waals surface area contributed by atoms with Gasteiger partial charge in [0.25, 0.3) is 0 Å². The van der Waals surface area contributed by atoms with Gasteiger partial charge in [-0.1, -0.05) is 20.8 Å². The van der Waals surface area contributed by atoms with Crippen molar-refractivity contribution in [1.29, 1.82) is 0 Å². The van der Waals surface area contributed by atoms with Gasteiger partial charge in [0.15, 0.2) is 0 Å². The van der Waals surface area contributed by atoms with Gasteiger partial charge in [-0.15, -0.1) is 0 Å². The molecule has 90 valence electrons. The van der Waals surface area contributed by atoms with E-state index in [0.29, 0.717) is 0 Å². The first kappa shape index (κ1) is 11.5. The van der Waals surface area contributed by atoms with Crippen LogP contribution in [0, 0.1) is 11.8 Å². The van der Waals surface area contributed by atoms with Crippen LogP contribution in [0.2, 0.25) is 0 Å². The second kappa shape index (κ2) is 4.48. The molecule has 0 aliphatic heterocycles. The molecule has 0 bridgehead atoms. The second-order valence-corrected chi connectivity index (χ2v) is 5.28. The zero-order chi connectivity index (χ0) is 11.7. The monoisotopic (exact) mass is 221 g/mol. The van der Waals surface area contributed by atoms with Gasteiger partial charge in [0.05, 0.1) is 5.69 Å². The Hall–Kier alpha value is -0.990. The minimum atomic E-state index is 0.752. The number of hydrogen-bond donors (Lipinski definition) is 1. The van der Waals surface area contributed by atoms with E-state index in [9.17, 15) is 0 Å². The minimum absolute atomic E-state index is 0.752. The highest BCUT2D eigenvalue weighted by atomic mass is 15.3. The zero-order valence-electron chi connectivity index (χ0n) is 10.7. The summed E-state index contributed by atoms with van der Waals surface area (Å²) < 4.78 is 1.99. The molecule has 16 heavy (non-hydrogen) atoms. The highest BCUT2D eigenvalue weighted by molar-refractivity contribution is 5.45. The van der Waals surface area contributed by atoms with Crippen molar-refractivity contribution in [3.63, 3.8) is 0 Å². The number of nitrogens with two attached hydrogens (primary N) is 1. The lowest BCUT2D eigenvalue weighted by atomic mass is 9.80. The molecular formula is C13H23N3. The molecule has 0 fully saturated rings. The molecule has 1 aliphatic carbocycles. The summed E-state index contributed by atoms with van der Waals surface area (Å²) in [7, 11) is 0. The van der Waals surface area contributed by atoms with E-state index in [-0.39, 0.29) is 0 Å². The number of rotatable bonds is 3. The summed E-state index contributed by atoms with van der Waals surface area (Å²) in [5.74, 6) is 2.46. The molecule has 3 nitrogen and oxygen atoms in total. The van der Waals surface area contributed by atoms with E-state index in [0.717, 1.165) is 43.5 Å². The quantitative estimate of drug-likeness (QED) is 0.852. The highest BCUT2D eigenvalue weighted by Crippen LogP contribution is 2.32. The molecule has 2 N–H and O–H groups in total. The van der Waals surface area contributed by atoms with Gasteiger partial charge in [-0.2, -0.15) is 5.10 Å². The second-order valence-electron chi connectivity index (χ2n) is 5.28. The van der Waals surface area contributed by atoms with Gasteiger partial charge in [0.2, 0.25) is 0 Å². The van der Waals surface area contributed by atoms with E-state index in [4.69, 9.17) is 5.73 Å². The molecule has 3 heteroatoms. The number of nitrogen functional groups attached to an aromatic ring is 1. The van der Waals surface area contributed by atoms with Crippen LogP contribution in [0.1, 0.15) is 44.9 Å². The maximum absolute atomic E-state index is 6.17. The van der Waals surface area contributed by atoms with Crippen molar-refractivity contribution in [2.45, 2.75) is 53.0 Å². The summed E-state index contributed by atoms with van der Waals surface area (Å²) in [4.78, 5) is 0. The van der Waals surface area contributed by atoms with E-state index in [1.54, 1.807) is 0 Å². The van der Waals surface area contributed by atoms with Gasteiger partial charge in [0, 0.05) is 12.1 Å². The summed E-state index contributed by atoms with van der Waals surface area (Å²) in [5.41, 5.74) is 8.76. The molecule has 0 amide bonds. The normalized spacial score (nSPS) is 20.1. The van der Waals surface area contributed by atoms with Crippen LogP contribution in [0.4, 0.5) is 5.82 Å². The van der Waals surface area contributed by atoms with Gasteiger partial charge in [-0.05, 0) is 37.5 Å². The van der Waals surface area contributed by atoms with Crippen molar-refractivity contribution < 1.29 is 0 Å². The maximum Gasteiger partial charge on any atom is 0.125 e. The Morgan fingerprint density at radius 2 is 2.25 bits per heavy atom. The third-order valence-corrected chi connectivity index (χ3v) is 3.77. The van der Waals surface area contributed by atoms with Crippen molar-refractivity contribution in [2.24, 2.45) is 11.8 Å². The van der Waals surface area contributed by atoms with Crippen LogP contribution in [-0.2, 0) is 19.4 Å². The predicted molar refractivity (Wildman–Crippen MR) is 67.3 cm³/mol. The van der Waals surface area contributed by atoms with E-state index in [1.807, 2.05) is 4.68 Å². The number of hydrogen-bond acceptors (Lipinski definition) is 2. The van der Waals surface area contributed by atoms with E-state index >= 15 is 0 Å². The van der Waals surface area contributed by atoms with Crippen molar-refractivity contribution in [3.8, 4) is 0 Å². The van der Waals surface area contributed by atoms with Crippen LogP contribution in [0.15, 0.2) is 0 Å². The van der Waals surface area contributed by atoms with Crippen LogP contribution >= 0.6 is 0 Å². The lowest BCUT2D eigenvalue weighted by Gasteiger charge is -2.24. The zero-order valence-corrected chi connectivity index (χ0v) is 10.7. The Morgan fingerprint density at radius 1 is 1.50 bits per heavy atom. The standard InChI is InChI=1S/C13H23N3/c1-4-7-16-13(14)11-8-10(9(2)3)5-6-12(11)15-16/h9-10H,4-8,14H2,1-3H3. The van der Waals surface area contributed by atoms with Gasteiger partial charge < -0.3 is 5.73 Å². The topological polar surface area (TPSA) is 43.8 Å². The van der Waals surface area contributed by atoms with Crippen LogP contribution in [0.3, 0.4) is 0 Å². The third-order valence-electron chi connectivity index (χ3n) is 3.77. The minimum Gasteiger partial charge on any atom is -0.384 e. The molecule has 0 spiro atoms. The highest BCUT2D eigenvalue weighted by Gasteiger charge is 2.26. The largest absolute Gasteiger partial charge is 0.384 e. The number of aromatic nitrogens is 2. The lowest BCUT2D eigenvalue weighted by molar-refractivity contribution is 0.342. The Balaban J connectivity index is 2.24. The molecule has 0 saturated carbocycles. The molecule has 0 saturated heterocycles. The first-order valence-corrected chi connectivity index (χ1v) is 6.47. The molecule has 1 aromatic rings. The van der Waals surface area contributed by atoms with Gasteiger partial charge >= 0.3 is 0 Å². The Kier molecular flexibility index (Phi) is 3.22. The Labute approximate surface area is 98.0 Å². The number of aryl methyl sites for hydroxylation is 2. The van der Waals surface area contributed by atoms with Gasteiger partial charge in [-0.25, -0.2) is 4.68 Å². The summed E-state index contributed by atoms with van der Waals surface area (Å²) in [6, 6.07) is 0. The fourth-order valence-electron chi connectivity index (χ4n) is 2.62. The van der Waals surface area contributed by atoms with E-state index in [1.165, 1.54) is 17.7 Å². The molecule has 2 rings (SSSR count). The summed E-state index contributed by atoms with van der Waals surface area (Å²) in [6.45, 7) is 7.73. The number of anilines is 1. The van der Waals surface area contributed by atoms with Gasteiger partial charge in [-0.3, -0.25) is 0 Å². The first-order valence-electron chi connectivity index (χ1n) is 6.47. The average molecular weight is 221 g/mol. The van der Waals surface area contributed by atoms with Crippen molar-refractivity contribution in [2.75, 3.05) is 5.73 Å². The molecule has 1 unspecified atom stereocenters. The lowest BCUT2D eigenvalue weighted by Crippen LogP contribution is -2.19. The summed E-state index contributed by atoms with van der Waals surface area (Å²) >= 11 is 0. The summed E-state index contributed by atoms with van der Waals surface area (Å²) in [5, 5.41) is 4.63. The molecular weight excluding hydrogens is 198 g/mol. The number of nitrogens with zero attached hydrogens (tertiary/aromatic N) is 2. The molecule has 0 radical (unpaired) electrons. The number of fused-ring (bicyclic) bond motifs is 1. The van der Waals surface area contributed by atoms with Crippen LogP contribution in [-0.4, -0.2) is 9.78 Å². The Bertz CT molecular complexity index is 365. The van der Waals surface area contributed by atoms with Crippen LogP contribution < -0.4 is 5.73 Å². The fourth-order valence-corrected chi connectivity index (χ4v) is 2.62. The molecule has 1 atom stereocenters. The molecule has 0 aromatic carbocycles. The molecule has 1 aliphatic rings. The van der Waals surface area contributed by atoms with Crippen molar-refractivity contribution in [3.05, 3.63) is 11.3 Å². The Morgan fingerprint density at radius 3 is 2.88 bits per heavy atom. The smallest absolute Gasteiger partial charge is 0.125 e. The third kappa shape index (κ3) is 1.95. The van der Waals surface area contributed by atoms with Crippen molar-refractivity contribution >= 4 is 5.82 Å². The van der Waals surface area contributed by atoms with Gasteiger partial charge in [0.1, 0.15) is 5.82 Å². The van der Waals surface area contributed by atoms with E-state index in [2.05, 4.69) is 25.9 Å². The molecule has 1 heterocycles. The SMILES string of the molecule is CCCn1nc2c(c1N)CC(C(C)C)CC2. The van der Waals surface area contributed by atoms with Crippen LogP contribution in [0.5, 0.6) is 0 Å². The maximum atomic E-state index is 6.17. The van der Waals surface area contributed by atoms with Crippen LogP contribution in [0.25, 0.3) is 0 Å². The average Bonchev–Trinajstić information content (AvgIpc) is 2.56. The summed E-state index contributed by atoms with van der Waals surface area (Å²) in [6.07, 6.45) is 4.60. The fraction of sp³-hybridized carbons (Fsp3) is 0.769. The predicted octanol–water partition coefficient (Wildman–Crippen LogP) is 2.64.